The van der Waals surface area contributed by atoms with Crippen LogP contribution in [0, 0.1) is 5.92 Å². The molecule has 1 atom stereocenters. The average Bonchev–Trinajstić information content (AvgIpc) is 2.99. The van der Waals surface area contributed by atoms with Crippen molar-refractivity contribution >= 4 is 11.8 Å². The second-order valence-corrected chi connectivity index (χ2v) is 5.98. The number of amides is 2. The van der Waals surface area contributed by atoms with E-state index in [4.69, 9.17) is 0 Å². The Bertz CT molecular complexity index is 536. The molecule has 1 saturated heterocycles. The smallest absolute Gasteiger partial charge is 0.272 e. The number of carbonyl (C=O) groups excluding carboxylic acids is 2. The van der Waals surface area contributed by atoms with Gasteiger partial charge in [-0.1, -0.05) is 0 Å². The first-order valence-corrected chi connectivity index (χ1v) is 7.77. The summed E-state index contributed by atoms with van der Waals surface area (Å²) in [6.45, 7) is 4.06. The molecule has 1 aliphatic heterocycles. The number of likely N-dealkylation sites (tertiary alicyclic amines) is 1. The van der Waals surface area contributed by atoms with Crippen molar-refractivity contribution in [3.8, 4) is 0 Å². The van der Waals surface area contributed by atoms with Crippen LogP contribution in [0.15, 0.2) is 12.3 Å². The highest BCUT2D eigenvalue weighted by molar-refractivity contribution is 5.92. The topological polar surface area (TPSA) is 67.2 Å². The fourth-order valence-electron chi connectivity index (χ4n) is 2.89. The molecule has 2 amide bonds. The van der Waals surface area contributed by atoms with Crippen molar-refractivity contribution in [2.75, 3.05) is 13.1 Å². The molecular formula is C15H22N4O2. The van der Waals surface area contributed by atoms with Crippen LogP contribution in [0.5, 0.6) is 0 Å². The Morgan fingerprint density at radius 1 is 1.38 bits per heavy atom. The minimum Gasteiger partial charge on any atom is -0.353 e. The number of hydrogen-bond donors (Lipinski definition) is 1. The highest BCUT2D eigenvalue weighted by Gasteiger charge is 2.31. The van der Waals surface area contributed by atoms with Gasteiger partial charge < -0.3 is 10.2 Å². The van der Waals surface area contributed by atoms with Crippen LogP contribution in [-0.4, -0.2) is 45.6 Å². The predicted molar refractivity (Wildman–Crippen MR) is 77.7 cm³/mol. The van der Waals surface area contributed by atoms with Crippen molar-refractivity contribution < 1.29 is 9.59 Å². The van der Waals surface area contributed by atoms with E-state index in [1.807, 2.05) is 11.8 Å². The van der Waals surface area contributed by atoms with E-state index in [9.17, 15) is 9.59 Å². The number of aryl methyl sites for hydroxylation is 1. The summed E-state index contributed by atoms with van der Waals surface area (Å²) in [6, 6.07) is 2.18. The van der Waals surface area contributed by atoms with Gasteiger partial charge in [0.15, 0.2) is 0 Å². The van der Waals surface area contributed by atoms with E-state index in [1.54, 1.807) is 16.9 Å². The second-order valence-electron chi connectivity index (χ2n) is 5.98. The first-order chi connectivity index (χ1) is 10.2. The standard InChI is InChI=1S/C15H22N4O2/c1-2-19-13(5-7-16-19)15(21)18-8-6-11(10-18)9-14(20)17-12-3-4-12/h5,7,11-12H,2-4,6,8-10H2,1H3,(H,17,20). The van der Waals surface area contributed by atoms with Gasteiger partial charge in [-0.25, -0.2) is 0 Å². The van der Waals surface area contributed by atoms with Crippen LogP contribution < -0.4 is 5.32 Å². The monoisotopic (exact) mass is 290 g/mol. The van der Waals surface area contributed by atoms with Crippen LogP contribution in [0.1, 0.15) is 43.1 Å². The molecular weight excluding hydrogens is 268 g/mol. The zero-order chi connectivity index (χ0) is 14.8. The Kier molecular flexibility index (Phi) is 3.94. The van der Waals surface area contributed by atoms with Crippen LogP contribution in [0.3, 0.4) is 0 Å². The molecule has 2 aliphatic rings. The Balaban J connectivity index is 1.53. The quantitative estimate of drug-likeness (QED) is 0.881. The summed E-state index contributed by atoms with van der Waals surface area (Å²) < 4.78 is 1.72. The van der Waals surface area contributed by atoms with E-state index in [2.05, 4.69) is 10.4 Å². The molecule has 21 heavy (non-hydrogen) atoms. The molecule has 2 fully saturated rings. The largest absolute Gasteiger partial charge is 0.353 e. The lowest BCUT2D eigenvalue weighted by molar-refractivity contribution is -0.122. The van der Waals surface area contributed by atoms with Gasteiger partial charge in [-0.3, -0.25) is 14.3 Å². The summed E-state index contributed by atoms with van der Waals surface area (Å²) in [5.74, 6) is 0.445. The number of nitrogens with zero attached hydrogens (tertiary/aromatic N) is 3. The van der Waals surface area contributed by atoms with Crippen molar-refractivity contribution in [1.29, 1.82) is 0 Å². The van der Waals surface area contributed by atoms with Crippen LogP contribution in [-0.2, 0) is 11.3 Å². The Hall–Kier alpha value is -1.85. The van der Waals surface area contributed by atoms with Crippen molar-refractivity contribution in [1.82, 2.24) is 20.0 Å². The minimum absolute atomic E-state index is 0.0273. The van der Waals surface area contributed by atoms with Gasteiger partial charge in [0.1, 0.15) is 5.69 Å². The fraction of sp³-hybridized carbons (Fsp3) is 0.667. The molecule has 1 saturated carbocycles. The van der Waals surface area contributed by atoms with Gasteiger partial charge >= 0.3 is 0 Å². The summed E-state index contributed by atoms with van der Waals surface area (Å²) in [7, 11) is 0. The molecule has 1 aliphatic carbocycles. The van der Waals surface area contributed by atoms with Gasteiger partial charge in [-0.15, -0.1) is 0 Å². The summed E-state index contributed by atoms with van der Waals surface area (Å²) in [5.41, 5.74) is 0.639. The van der Waals surface area contributed by atoms with Crippen LogP contribution in [0.2, 0.25) is 0 Å². The van der Waals surface area contributed by atoms with Gasteiger partial charge in [0, 0.05) is 38.3 Å². The lowest BCUT2D eigenvalue weighted by atomic mass is 10.0. The number of aromatic nitrogens is 2. The average molecular weight is 290 g/mol. The first kappa shape index (κ1) is 14.1. The summed E-state index contributed by atoms with van der Waals surface area (Å²) in [6.07, 6.45) is 5.33. The molecule has 1 unspecified atom stereocenters. The van der Waals surface area contributed by atoms with E-state index in [0.717, 1.165) is 25.8 Å². The molecule has 2 heterocycles. The first-order valence-electron chi connectivity index (χ1n) is 7.77. The molecule has 114 valence electrons. The zero-order valence-electron chi connectivity index (χ0n) is 12.4. The normalized spacial score (nSPS) is 21.6. The maximum absolute atomic E-state index is 12.5. The summed E-state index contributed by atoms with van der Waals surface area (Å²) >= 11 is 0. The van der Waals surface area contributed by atoms with Gasteiger partial charge in [-0.05, 0) is 38.2 Å². The molecule has 6 heteroatoms. The van der Waals surface area contributed by atoms with E-state index >= 15 is 0 Å². The maximum atomic E-state index is 12.5. The molecule has 0 aromatic carbocycles. The highest BCUT2D eigenvalue weighted by atomic mass is 16.2. The van der Waals surface area contributed by atoms with E-state index in [-0.39, 0.29) is 17.7 Å². The number of nitrogens with one attached hydrogen (secondary N) is 1. The second kappa shape index (κ2) is 5.87. The van der Waals surface area contributed by atoms with Gasteiger partial charge in [-0.2, -0.15) is 5.10 Å². The zero-order valence-corrected chi connectivity index (χ0v) is 12.4. The third kappa shape index (κ3) is 3.25. The maximum Gasteiger partial charge on any atom is 0.272 e. The molecule has 1 N–H and O–H groups in total. The van der Waals surface area contributed by atoms with Gasteiger partial charge in [0.2, 0.25) is 5.91 Å². The van der Waals surface area contributed by atoms with Crippen LogP contribution in [0.25, 0.3) is 0 Å². The van der Waals surface area contributed by atoms with Crippen molar-refractivity contribution in [2.24, 2.45) is 5.92 Å². The Morgan fingerprint density at radius 2 is 2.19 bits per heavy atom. The van der Waals surface area contributed by atoms with Crippen molar-refractivity contribution in [3.05, 3.63) is 18.0 Å². The van der Waals surface area contributed by atoms with Gasteiger partial charge in [0.25, 0.3) is 5.91 Å². The number of rotatable bonds is 5. The molecule has 3 rings (SSSR count). The number of carbonyl (C=O) groups is 2. The SMILES string of the molecule is CCn1nccc1C(=O)N1CCC(CC(=O)NC2CC2)C1. The molecule has 1 aromatic rings. The van der Waals surface area contributed by atoms with E-state index < -0.39 is 0 Å². The third-order valence-electron chi connectivity index (χ3n) is 4.22. The van der Waals surface area contributed by atoms with Crippen molar-refractivity contribution in [2.45, 2.75) is 45.2 Å². The van der Waals surface area contributed by atoms with Crippen LogP contribution >= 0.6 is 0 Å². The predicted octanol–water partition coefficient (Wildman–Crippen LogP) is 1.03. The lowest BCUT2D eigenvalue weighted by Gasteiger charge is -2.17. The summed E-state index contributed by atoms with van der Waals surface area (Å²) in [5, 5.41) is 7.15. The fourth-order valence-corrected chi connectivity index (χ4v) is 2.89. The molecule has 0 radical (unpaired) electrons. The molecule has 0 spiro atoms. The van der Waals surface area contributed by atoms with E-state index in [0.29, 0.717) is 31.2 Å². The highest BCUT2D eigenvalue weighted by Crippen LogP contribution is 2.23. The Morgan fingerprint density at radius 3 is 2.90 bits per heavy atom. The third-order valence-corrected chi connectivity index (χ3v) is 4.22. The van der Waals surface area contributed by atoms with Crippen molar-refractivity contribution in [3.63, 3.8) is 0 Å². The van der Waals surface area contributed by atoms with Gasteiger partial charge in [0.05, 0.1) is 0 Å². The minimum atomic E-state index is 0.0273. The number of hydrogen-bond acceptors (Lipinski definition) is 3. The lowest BCUT2D eigenvalue weighted by Crippen LogP contribution is -2.32. The summed E-state index contributed by atoms with van der Waals surface area (Å²) in [4.78, 5) is 26.1. The molecule has 1 aromatic heterocycles. The van der Waals surface area contributed by atoms with Crippen LogP contribution in [0.4, 0.5) is 0 Å². The van der Waals surface area contributed by atoms with E-state index in [1.165, 1.54) is 0 Å². The Labute approximate surface area is 124 Å². The molecule has 0 bridgehead atoms. The molecule has 6 nitrogen and oxygen atoms in total.